The predicted octanol–water partition coefficient (Wildman–Crippen LogP) is 1.36. The van der Waals surface area contributed by atoms with Crippen LogP contribution in [0, 0.1) is 6.92 Å². The van der Waals surface area contributed by atoms with Crippen LogP contribution in [0.1, 0.15) is 24.3 Å². The van der Waals surface area contributed by atoms with Gasteiger partial charge in [0.15, 0.2) is 11.0 Å². The molecule has 7 nitrogen and oxygen atoms in total. The number of aromatic nitrogens is 4. The molecule has 2 aromatic heterocycles. The highest BCUT2D eigenvalue weighted by atomic mass is 32.2. The lowest BCUT2D eigenvalue weighted by Crippen LogP contribution is -2.08. The number of aryl methyl sites for hydroxylation is 2. The number of carboxylic acids is 1. The Kier molecular flexibility index (Phi) is 4.20. The van der Waals surface area contributed by atoms with Gasteiger partial charge in [0.25, 0.3) is 0 Å². The van der Waals surface area contributed by atoms with E-state index >= 15 is 0 Å². The lowest BCUT2D eigenvalue weighted by Gasteiger charge is -2.07. The van der Waals surface area contributed by atoms with Crippen LogP contribution < -0.4 is 0 Å². The molecular formula is C11H14N4O3S. The molecule has 0 atom stereocenters. The van der Waals surface area contributed by atoms with E-state index in [-0.39, 0.29) is 5.75 Å². The first-order chi connectivity index (χ1) is 9.10. The van der Waals surface area contributed by atoms with Crippen LogP contribution in [0.4, 0.5) is 0 Å². The molecule has 0 radical (unpaired) electrons. The van der Waals surface area contributed by atoms with Crippen LogP contribution in [0.25, 0.3) is 0 Å². The molecule has 2 rings (SSSR count). The number of hydrogen-bond donors (Lipinski definition) is 1. The molecule has 0 amide bonds. The summed E-state index contributed by atoms with van der Waals surface area (Å²) in [7, 11) is 0. The van der Waals surface area contributed by atoms with Crippen molar-refractivity contribution in [1.29, 1.82) is 0 Å². The number of rotatable bonds is 6. The average Bonchev–Trinajstić information content (AvgIpc) is 2.94. The standard InChI is InChI=1S/C11H14N4O3S/c1-3-8-4-12-11(19-6-10(16)17)15(8)5-9-13-7(2)18-14-9/h4H,3,5-6H2,1-2H3,(H,16,17). The normalized spacial score (nSPS) is 10.8. The molecule has 0 aromatic carbocycles. The zero-order valence-electron chi connectivity index (χ0n) is 10.7. The van der Waals surface area contributed by atoms with Crippen LogP contribution in [0.15, 0.2) is 15.9 Å². The lowest BCUT2D eigenvalue weighted by molar-refractivity contribution is -0.133. The van der Waals surface area contributed by atoms with Crippen LogP contribution in [0.2, 0.25) is 0 Å². The monoisotopic (exact) mass is 282 g/mol. The van der Waals surface area contributed by atoms with Gasteiger partial charge in [-0.3, -0.25) is 4.79 Å². The smallest absolute Gasteiger partial charge is 0.313 e. The Bertz CT molecular complexity index is 578. The first-order valence-electron chi connectivity index (χ1n) is 5.78. The predicted molar refractivity (Wildman–Crippen MR) is 68.1 cm³/mol. The second-order valence-electron chi connectivity index (χ2n) is 3.88. The maximum atomic E-state index is 10.6. The van der Waals surface area contributed by atoms with Crippen molar-refractivity contribution in [3.8, 4) is 0 Å². The Labute approximate surface area is 114 Å². The molecule has 8 heteroatoms. The molecule has 0 fully saturated rings. The third-order valence-corrected chi connectivity index (χ3v) is 3.43. The maximum Gasteiger partial charge on any atom is 0.313 e. The minimum absolute atomic E-state index is 0.0224. The first-order valence-corrected chi connectivity index (χ1v) is 6.77. The van der Waals surface area contributed by atoms with Crippen molar-refractivity contribution in [2.24, 2.45) is 0 Å². The third-order valence-electron chi connectivity index (χ3n) is 2.46. The van der Waals surface area contributed by atoms with Crippen LogP contribution in [-0.2, 0) is 17.8 Å². The van der Waals surface area contributed by atoms with E-state index in [4.69, 9.17) is 9.63 Å². The molecule has 0 saturated carbocycles. The number of carboxylic acid groups (broad SMARTS) is 1. The maximum absolute atomic E-state index is 10.6. The fourth-order valence-corrected chi connectivity index (χ4v) is 2.35. The fraction of sp³-hybridized carbons (Fsp3) is 0.455. The van der Waals surface area contributed by atoms with Crippen molar-refractivity contribution in [1.82, 2.24) is 19.7 Å². The van der Waals surface area contributed by atoms with Gasteiger partial charge in [-0.25, -0.2) is 4.98 Å². The topological polar surface area (TPSA) is 94.0 Å². The van der Waals surface area contributed by atoms with Gasteiger partial charge < -0.3 is 14.2 Å². The largest absolute Gasteiger partial charge is 0.481 e. The second-order valence-corrected chi connectivity index (χ2v) is 4.83. The molecule has 0 spiro atoms. The third kappa shape index (κ3) is 3.34. The van der Waals surface area contributed by atoms with Gasteiger partial charge in [0, 0.05) is 18.8 Å². The van der Waals surface area contributed by atoms with Crippen LogP contribution in [-0.4, -0.2) is 36.5 Å². The highest BCUT2D eigenvalue weighted by Gasteiger charge is 2.13. The quantitative estimate of drug-likeness (QED) is 0.799. The highest BCUT2D eigenvalue weighted by Crippen LogP contribution is 2.19. The van der Waals surface area contributed by atoms with Crippen molar-refractivity contribution in [3.63, 3.8) is 0 Å². The van der Waals surface area contributed by atoms with Crippen LogP contribution in [0.3, 0.4) is 0 Å². The summed E-state index contributed by atoms with van der Waals surface area (Å²) in [6, 6.07) is 0. The molecule has 2 heterocycles. The Morgan fingerprint density at radius 1 is 1.58 bits per heavy atom. The van der Waals surface area contributed by atoms with E-state index in [1.165, 1.54) is 11.8 Å². The van der Waals surface area contributed by atoms with Crippen LogP contribution >= 0.6 is 11.8 Å². The van der Waals surface area contributed by atoms with E-state index < -0.39 is 5.97 Å². The Hall–Kier alpha value is -1.83. The SMILES string of the molecule is CCc1cnc(SCC(=O)O)n1Cc1noc(C)n1. The van der Waals surface area contributed by atoms with Gasteiger partial charge >= 0.3 is 5.97 Å². The summed E-state index contributed by atoms with van der Waals surface area (Å²) in [5, 5.41) is 13.2. The van der Waals surface area contributed by atoms with Gasteiger partial charge in [-0.15, -0.1) is 0 Å². The van der Waals surface area contributed by atoms with E-state index in [1.807, 2.05) is 11.5 Å². The number of carbonyl (C=O) groups is 1. The van der Waals surface area contributed by atoms with Gasteiger partial charge in [0.1, 0.15) is 0 Å². The summed E-state index contributed by atoms with van der Waals surface area (Å²) in [4.78, 5) is 19.0. The molecule has 1 N–H and O–H groups in total. The van der Waals surface area contributed by atoms with E-state index in [2.05, 4.69) is 15.1 Å². The van der Waals surface area contributed by atoms with E-state index in [0.29, 0.717) is 23.4 Å². The minimum Gasteiger partial charge on any atom is -0.481 e. The molecule has 102 valence electrons. The minimum atomic E-state index is -0.868. The summed E-state index contributed by atoms with van der Waals surface area (Å²) in [5.41, 5.74) is 1.01. The molecule has 0 aliphatic heterocycles. The van der Waals surface area contributed by atoms with Crippen molar-refractivity contribution in [2.45, 2.75) is 32.0 Å². The summed E-state index contributed by atoms with van der Waals surface area (Å²) in [6.07, 6.45) is 2.55. The highest BCUT2D eigenvalue weighted by molar-refractivity contribution is 7.99. The van der Waals surface area contributed by atoms with E-state index in [0.717, 1.165) is 12.1 Å². The molecule has 2 aromatic rings. The molecule has 0 bridgehead atoms. The van der Waals surface area contributed by atoms with Crippen molar-refractivity contribution in [3.05, 3.63) is 23.6 Å². The summed E-state index contributed by atoms with van der Waals surface area (Å²) >= 11 is 1.18. The second kappa shape index (κ2) is 5.87. The Morgan fingerprint density at radius 2 is 2.37 bits per heavy atom. The number of hydrogen-bond acceptors (Lipinski definition) is 6. The number of aliphatic carboxylic acids is 1. The van der Waals surface area contributed by atoms with Crippen molar-refractivity contribution in [2.75, 3.05) is 5.75 Å². The zero-order valence-corrected chi connectivity index (χ0v) is 11.5. The van der Waals surface area contributed by atoms with Crippen molar-refractivity contribution >= 4 is 17.7 Å². The van der Waals surface area contributed by atoms with Crippen molar-refractivity contribution < 1.29 is 14.4 Å². The molecule has 0 aliphatic rings. The first kappa shape index (κ1) is 13.6. The van der Waals surface area contributed by atoms with Gasteiger partial charge in [-0.1, -0.05) is 23.8 Å². The van der Waals surface area contributed by atoms with Gasteiger partial charge in [-0.2, -0.15) is 4.98 Å². The van der Waals surface area contributed by atoms with Gasteiger partial charge in [0.2, 0.25) is 5.89 Å². The number of imidazole rings is 1. The van der Waals surface area contributed by atoms with E-state index in [9.17, 15) is 4.79 Å². The number of nitrogens with zero attached hydrogens (tertiary/aromatic N) is 4. The Balaban J connectivity index is 2.20. The summed E-state index contributed by atoms with van der Waals surface area (Å²) in [6.45, 7) is 4.17. The molecule has 19 heavy (non-hydrogen) atoms. The van der Waals surface area contributed by atoms with Gasteiger partial charge in [0.05, 0.1) is 12.3 Å². The average molecular weight is 282 g/mol. The summed E-state index contributed by atoms with van der Waals surface area (Å²) in [5.74, 6) is 0.175. The number of thioether (sulfide) groups is 1. The zero-order chi connectivity index (χ0) is 13.8. The molecule has 0 unspecified atom stereocenters. The summed E-state index contributed by atoms with van der Waals surface area (Å²) < 4.78 is 6.84. The molecule has 0 aliphatic carbocycles. The molecular weight excluding hydrogens is 268 g/mol. The fourth-order valence-electron chi connectivity index (χ4n) is 1.63. The van der Waals surface area contributed by atoms with Crippen LogP contribution in [0.5, 0.6) is 0 Å². The Morgan fingerprint density at radius 3 is 2.95 bits per heavy atom. The lowest BCUT2D eigenvalue weighted by atomic mass is 10.3. The molecule has 0 saturated heterocycles. The van der Waals surface area contributed by atoms with Gasteiger partial charge in [-0.05, 0) is 6.42 Å². The van der Waals surface area contributed by atoms with E-state index in [1.54, 1.807) is 13.1 Å².